The van der Waals surface area contributed by atoms with E-state index in [1.165, 1.54) is 28.8 Å². The Labute approximate surface area is 546 Å². The van der Waals surface area contributed by atoms with Crippen LogP contribution in [0.15, 0.2) is 47.7 Å². The Bertz CT molecular complexity index is 2640. The summed E-state index contributed by atoms with van der Waals surface area (Å²) in [6.45, 7) is -2.67. The van der Waals surface area contributed by atoms with Crippen LogP contribution in [0.1, 0.15) is 30.4 Å². The monoisotopic (exact) mass is 1430 g/mol. The maximum atomic E-state index is 12.1. The van der Waals surface area contributed by atoms with Gasteiger partial charge in [0, 0.05) is 350 Å². The first-order valence-electron chi connectivity index (χ1n) is 16.3. The Morgan fingerprint density at radius 2 is 0.926 bits per heavy atom. The molecular weight excluding hydrogens is 1390 g/mol. The number of aromatic nitrogens is 12. The third-order valence-corrected chi connectivity index (χ3v) is 6.70. The molecule has 0 bridgehead atoms. The summed E-state index contributed by atoms with van der Waals surface area (Å²) in [6, 6.07) is 0. The third kappa shape index (κ3) is 14.3. The van der Waals surface area contributed by atoms with Crippen LogP contribution < -0.4 is 33.7 Å². The van der Waals surface area contributed by atoms with Gasteiger partial charge in [-0.15, -0.1) is 21.1 Å². The van der Waals surface area contributed by atoms with Gasteiger partial charge >= 0.3 is 5.69 Å². The van der Waals surface area contributed by atoms with E-state index >= 15 is 0 Å². The van der Waals surface area contributed by atoms with Crippen molar-refractivity contribution in [2.24, 2.45) is 21.1 Å². The molecule has 0 saturated carbocycles. The van der Waals surface area contributed by atoms with Crippen LogP contribution in [0, 0.1) is 21.1 Å². The standard InChI is InChI=1S/3C9H11N4O2.9Y/c3*1-4-13-8(14)6-7(10-5-11(6)2)12(3)9(13)15;;;;;;;;;/h2*5H,3-4H2,1-2H3;5H,2,4H2,1,3H3;;;;;;;;;/q3*-1;;;;;;;;;/i4D2;2D3;4D2;;;;;;;;;. The summed E-state index contributed by atoms with van der Waals surface area (Å²) in [6.07, 6.45) is 3.70. The fourth-order valence-electron chi connectivity index (χ4n) is 4.39. The van der Waals surface area contributed by atoms with Gasteiger partial charge in [0.05, 0.1) is 40.6 Å². The van der Waals surface area contributed by atoms with Crippen LogP contribution in [0.2, 0.25) is 0 Å². The van der Waals surface area contributed by atoms with Gasteiger partial charge in [0.1, 0.15) is 0 Å². The van der Waals surface area contributed by atoms with Crippen molar-refractivity contribution < 1.29 is 304 Å². The van der Waals surface area contributed by atoms with E-state index in [1.807, 2.05) is 0 Å². The van der Waals surface area contributed by atoms with Crippen LogP contribution in [0.4, 0.5) is 0 Å². The summed E-state index contributed by atoms with van der Waals surface area (Å²) in [4.78, 5) is 83.2. The van der Waals surface area contributed by atoms with Crippen molar-refractivity contribution in [3.8, 4) is 0 Å². The zero-order valence-corrected chi connectivity index (χ0v) is 55.6. The van der Waals surface area contributed by atoms with E-state index in [1.54, 1.807) is 14.0 Å². The molecular formula is C27H33N12O6Y9-3. The normalized spacial score (nSPS) is 11.9. The minimum atomic E-state index is -2.53. The van der Waals surface area contributed by atoms with Crippen LogP contribution in [0.5, 0.6) is 0 Å². The Morgan fingerprint density at radius 3 is 1.37 bits per heavy atom. The van der Waals surface area contributed by atoms with Gasteiger partial charge in [0.15, 0.2) is 0 Å². The molecule has 6 rings (SSSR count). The number of nitrogens with zero attached hydrogens (tertiary/aromatic N) is 12. The number of imidazole rings is 3. The maximum Gasteiger partial charge on any atom is 0.330 e. The SMILES string of the molecule is [2H]C([2H])(C)n1c(=O)c2c(ncn2C)n([CH2-])c1=O.[2H]C([2H])(C)n1c(=O)c2c(ncn2[CH2-])n(C)c1=O.[2H]C([2H])([2H])n1cnc2c1c(=O)n(CC)c(=O)n2[CH2-].[Y].[Y].[Y].[Y].[Y].[Y].[Y].[Y].[Y]. The summed E-state index contributed by atoms with van der Waals surface area (Å²) >= 11 is 0. The molecule has 6 aromatic rings. The van der Waals surface area contributed by atoms with Crippen LogP contribution in [0.25, 0.3) is 33.5 Å². The zero-order chi connectivity index (χ0) is 39.6. The van der Waals surface area contributed by atoms with Gasteiger partial charge in [0.2, 0.25) is 16.9 Å². The van der Waals surface area contributed by atoms with Crippen LogP contribution >= 0.6 is 0 Å². The van der Waals surface area contributed by atoms with E-state index in [-0.39, 0.29) is 334 Å². The molecule has 27 heteroatoms. The summed E-state index contributed by atoms with van der Waals surface area (Å²) in [5.74, 6) is 0. The Kier molecular flexibility index (Phi) is 31.0. The van der Waals surface area contributed by atoms with E-state index in [2.05, 4.69) is 36.1 Å². The fraction of sp³-hybridized carbons (Fsp3) is 0.333. The van der Waals surface area contributed by atoms with Crippen molar-refractivity contribution >= 4 is 33.5 Å². The largest absolute Gasteiger partial charge is 0.465 e. The third-order valence-electron chi connectivity index (χ3n) is 6.70. The fourth-order valence-corrected chi connectivity index (χ4v) is 4.39. The molecule has 0 aliphatic rings. The Morgan fingerprint density at radius 1 is 0.556 bits per heavy atom. The van der Waals surface area contributed by atoms with E-state index in [0.29, 0.717) is 9.13 Å². The van der Waals surface area contributed by atoms with Gasteiger partial charge in [-0.05, 0) is 27.1 Å². The summed E-state index contributed by atoms with van der Waals surface area (Å²) in [5.41, 5.74) is -3.92. The van der Waals surface area contributed by atoms with Crippen molar-refractivity contribution in [3.63, 3.8) is 0 Å². The second-order valence-corrected chi connectivity index (χ2v) is 9.24. The number of rotatable bonds is 3. The van der Waals surface area contributed by atoms with Gasteiger partial charge < -0.3 is 41.6 Å². The molecule has 54 heavy (non-hydrogen) atoms. The van der Waals surface area contributed by atoms with Gasteiger partial charge in [-0.25, -0.2) is 4.79 Å². The van der Waals surface area contributed by atoms with Gasteiger partial charge in [-0.1, -0.05) is 0 Å². The maximum absolute atomic E-state index is 12.1. The zero-order valence-electron chi connectivity index (χ0n) is 37.1. The van der Waals surface area contributed by atoms with Crippen molar-refractivity contribution in [2.75, 3.05) is 0 Å². The summed E-state index contributed by atoms with van der Waals surface area (Å²) < 4.78 is 60.4. The summed E-state index contributed by atoms with van der Waals surface area (Å²) in [7, 11) is 13.5. The van der Waals surface area contributed by atoms with Crippen LogP contribution in [0.3, 0.4) is 0 Å². The average molecular weight is 1430 g/mol. The molecule has 9 radical (unpaired) electrons. The van der Waals surface area contributed by atoms with Crippen molar-refractivity contribution in [1.29, 1.82) is 0 Å². The molecule has 18 nitrogen and oxygen atoms in total. The van der Waals surface area contributed by atoms with Crippen LogP contribution in [-0.4, -0.2) is 56.1 Å². The topological polar surface area (TPSA) is 185 Å². The van der Waals surface area contributed by atoms with E-state index in [4.69, 9.17) is 9.60 Å². The minimum Gasteiger partial charge on any atom is -0.465 e. The van der Waals surface area contributed by atoms with Gasteiger partial charge in [-0.3, -0.25) is 38.5 Å². The van der Waals surface area contributed by atoms with E-state index in [0.717, 1.165) is 43.0 Å². The molecule has 0 atom stereocenters. The number of fused-ring (bicyclic) bond motifs is 3. The van der Waals surface area contributed by atoms with Crippen molar-refractivity contribution in [3.05, 3.63) is 103 Å². The molecule has 267 valence electrons. The molecule has 0 N–H and O–H groups in total. The number of hydrogen-bond acceptors (Lipinski definition) is 9. The molecule has 0 aromatic carbocycles. The molecule has 0 unspecified atom stereocenters. The molecule has 0 spiro atoms. The second kappa shape index (κ2) is 30.9. The first kappa shape index (κ1) is 54.1. The first-order valence-corrected chi connectivity index (χ1v) is 12.8. The Hall–Kier alpha value is 4.00. The van der Waals surface area contributed by atoms with Gasteiger partial charge in [0.25, 0.3) is 11.1 Å². The minimum absolute atomic E-state index is 0. The van der Waals surface area contributed by atoms with E-state index < -0.39 is 53.7 Å². The van der Waals surface area contributed by atoms with Crippen molar-refractivity contribution in [2.45, 2.75) is 40.3 Å². The van der Waals surface area contributed by atoms with Crippen LogP contribution in [-0.2, 0) is 335 Å². The predicted molar refractivity (Wildman–Crippen MR) is 167 cm³/mol. The molecule has 0 aliphatic heterocycles. The molecule has 6 heterocycles. The summed E-state index contributed by atoms with van der Waals surface area (Å²) in [5, 5.41) is 0. The smallest absolute Gasteiger partial charge is 0.330 e. The second-order valence-electron chi connectivity index (χ2n) is 9.24. The quantitative estimate of drug-likeness (QED) is 0.193. The molecule has 6 aromatic heterocycles. The number of aryl methyl sites for hydroxylation is 3. The van der Waals surface area contributed by atoms with Gasteiger partial charge in [-0.2, -0.15) is 0 Å². The Balaban J connectivity index is -0.000000173. The molecule has 0 amide bonds. The predicted octanol–water partition coefficient (Wildman–Crippen LogP) is -1.35. The van der Waals surface area contributed by atoms with E-state index in [9.17, 15) is 28.8 Å². The molecule has 0 saturated heterocycles. The molecule has 0 aliphatic carbocycles. The van der Waals surface area contributed by atoms with Crippen molar-refractivity contribution in [1.82, 2.24) is 56.1 Å². The number of hydrogen-bond donors (Lipinski definition) is 0. The molecule has 0 fully saturated rings. The average Bonchev–Trinajstić information content (AvgIpc) is 3.74. The first-order chi connectivity index (χ1) is 23.8.